The number of hydrogen-bond acceptors (Lipinski definition) is 4. The van der Waals surface area contributed by atoms with Crippen LogP contribution in [-0.2, 0) is 0 Å². The van der Waals surface area contributed by atoms with Crippen molar-refractivity contribution in [2.75, 3.05) is 18.0 Å². The number of aliphatic hydroxyl groups is 2. The van der Waals surface area contributed by atoms with Gasteiger partial charge in [-0.2, -0.15) is 0 Å². The minimum Gasteiger partial charge on any atom is -0.457 e. The van der Waals surface area contributed by atoms with E-state index < -0.39 is 12.2 Å². The minimum absolute atomic E-state index is 0.459. The van der Waals surface area contributed by atoms with Gasteiger partial charge in [-0.25, -0.2) is 0 Å². The van der Waals surface area contributed by atoms with Gasteiger partial charge in [0.05, 0.1) is 12.2 Å². The highest BCUT2D eigenvalue weighted by atomic mass is 16.5. The summed E-state index contributed by atoms with van der Waals surface area (Å²) in [4.78, 5) is 1.96. The highest BCUT2D eigenvalue weighted by Gasteiger charge is 2.12. The first kappa shape index (κ1) is 16.3. The van der Waals surface area contributed by atoms with Crippen LogP contribution < -0.4 is 9.64 Å². The molecule has 0 aliphatic carbocycles. The molecular formula is C18H23NO3. The largest absolute Gasteiger partial charge is 0.457 e. The number of benzene rings is 2. The summed E-state index contributed by atoms with van der Waals surface area (Å²) in [6, 6.07) is 17.3. The average Bonchev–Trinajstić information content (AvgIpc) is 2.47. The van der Waals surface area contributed by atoms with Gasteiger partial charge >= 0.3 is 0 Å². The van der Waals surface area contributed by atoms with Crippen LogP contribution >= 0.6 is 0 Å². The molecule has 118 valence electrons. The van der Waals surface area contributed by atoms with Crippen LogP contribution in [-0.4, -0.2) is 35.5 Å². The number of hydrogen-bond donors (Lipinski definition) is 2. The van der Waals surface area contributed by atoms with Gasteiger partial charge in [-0.05, 0) is 50.2 Å². The molecule has 4 heteroatoms. The van der Waals surface area contributed by atoms with Crippen molar-refractivity contribution in [2.24, 2.45) is 0 Å². The van der Waals surface area contributed by atoms with Crippen molar-refractivity contribution in [2.45, 2.75) is 26.1 Å². The lowest BCUT2D eigenvalue weighted by molar-refractivity contribution is 0.178. The Bertz CT molecular complexity index is 542. The summed E-state index contributed by atoms with van der Waals surface area (Å²) in [5.74, 6) is 1.55. The van der Waals surface area contributed by atoms with Crippen LogP contribution in [0.5, 0.6) is 11.5 Å². The van der Waals surface area contributed by atoms with Gasteiger partial charge in [-0.3, -0.25) is 0 Å². The zero-order valence-corrected chi connectivity index (χ0v) is 13.0. The molecule has 0 aromatic heterocycles. The molecule has 22 heavy (non-hydrogen) atoms. The number of para-hydroxylation sites is 1. The lowest BCUT2D eigenvalue weighted by Crippen LogP contribution is -2.36. The average molecular weight is 301 g/mol. The third-order valence-corrected chi connectivity index (χ3v) is 3.15. The van der Waals surface area contributed by atoms with E-state index in [9.17, 15) is 10.2 Å². The van der Waals surface area contributed by atoms with E-state index in [4.69, 9.17) is 4.74 Å². The number of rotatable bonds is 7. The van der Waals surface area contributed by atoms with Crippen molar-refractivity contribution in [3.05, 3.63) is 54.6 Å². The SMILES string of the molecule is CC(O)CN(CC(C)O)c1ccc(Oc2ccccc2)cc1. The monoisotopic (exact) mass is 301 g/mol. The van der Waals surface area contributed by atoms with Crippen molar-refractivity contribution in [3.8, 4) is 11.5 Å². The molecule has 0 bridgehead atoms. The van der Waals surface area contributed by atoms with E-state index in [0.29, 0.717) is 13.1 Å². The van der Waals surface area contributed by atoms with Gasteiger partial charge in [0, 0.05) is 18.8 Å². The molecule has 0 aliphatic rings. The third-order valence-electron chi connectivity index (χ3n) is 3.15. The fraction of sp³-hybridized carbons (Fsp3) is 0.333. The van der Waals surface area contributed by atoms with Crippen LogP contribution in [0.2, 0.25) is 0 Å². The molecule has 0 heterocycles. The maximum absolute atomic E-state index is 9.60. The number of aliphatic hydroxyl groups excluding tert-OH is 2. The summed E-state index contributed by atoms with van der Waals surface area (Å²) in [7, 11) is 0. The molecule has 2 atom stereocenters. The summed E-state index contributed by atoms with van der Waals surface area (Å²) in [5, 5.41) is 19.2. The van der Waals surface area contributed by atoms with Crippen LogP contribution in [0, 0.1) is 0 Å². The molecule has 2 aromatic rings. The molecule has 0 saturated heterocycles. The molecule has 0 amide bonds. The van der Waals surface area contributed by atoms with Crippen molar-refractivity contribution in [1.82, 2.24) is 0 Å². The number of nitrogens with zero attached hydrogens (tertiary/aromatic N) is 1. The van der Waals surface area contributed by atoms with E-state index in [0.717, 1.165) is 17.2 Å². The predicted molar refractivity (Wildman–Crippen MR) is 88.5 cm³/mol. The summed E-state index contributed by atoms with van der Waals surface area (Å²) >= 11 is 0. The number of ether oxygens (including phenoxy) is 1. The van der Waals surface area contributed by atoms with Crippen molar-refractivity contribution in [1.29, 1.82) is 0 Å². The Labute approximate surface area is 131 Å². The van der Waals surface area contributed by atoms with Gasteiger partial charge in [0.15, 0.2) is 0 Å². The van der Waals surface area contributed by atoms with Crippen LogP contribution in [0.1, 0.15) is 13.8 Å². The molecule has 0 spiro atoms. The fourth-order valence-electron chi connectivity index (χ4n) is 2.27. The van der Waals surface area contributed by atoms with Gasteiger partial charge in [-0.15, -0.1) is 0 Å². The third kappa shape index (κ3) is 5.06. The first-order valence-corrected chi connectivity index (χ1v) is 7.48. The molecular weight excluding hydrogens is 278 g/mol. The Morgan fingerprint density at radius 1 is 0.818 bits per heavy atom. The Morgan fingerprint density at radius 3 is 1.82 bits per heavy atom. The number of anilines is 1. The fourth-order valence-corrected chi connectivity index (χ4v) is 2.27. The van der Waals surface area contributed by atoms with E-state index in [1.807, 2.05) is 59.5 Å². The molecule has 0 radical (unpaired) electrons. The van der Waals surface area contributed by atoms with Crippen LogP contribution in [0.15, 0.2) is 54.6 Å². The maximum Gasteiger partial charge on any atom is 0.127 e. The van der Waals surface area contributed by atoms with Gasteiger partial charge < -0.3 is 19.8 Å². The van der Waals surface area contributed by atoms with Gasteiger partial charge in [0.25, 0.3) is 0 Å². The Morgan fingerprint density at radius 2 is 1.32 bits per heavy atom. The standard InChI is InChI=1S/C18H23NO3/c1-14(20)12-19(13-15(2)21)16-8-10-18(11-9-16)22-17-6-4-3-5-7-17/h3-11,14-15,20-21H,12-13H2,1-2H3. The smallest absolute Gasteiger partial charge is 0.127 e. The van der Waals surface area contributed by atoms with E-state index >= 15 is 0 Å². The molecule has 0 fully saturated rings. The first-order chi connectivity index (χ1) is 10.5. The van der Waals surface area contributed by atoms with Crippen LogP contribution in [0.4, 0.5) is 5.69 Å². The Hall–Kier alpha value is -2.04. The lowest BCUT2D eigenvalue weighted by Gasteiger charge is -2.27. The second-order valence-corrected chi connectivity index (χ2v) is 5.51. The first-order valence-electron chi connectivity index (χ1n) is 7.48. The molecule has 2 N–H and O–H groups in total. The van der Waals surface area contributed by atoms with Gasteiger partial charge in [0.1, 0.15) is 11.5 Å². The highest BCUT2D eigenvalue weighted by molar-refractivity contribution is 5.50. The van der Waals surface area contributed by atoms with Crippen molar-refractivity contribution in [3.63, 3.8) is 0 Å². The van der Waals surface area contributed by atoms with E-state index in [2.05, 4.69) is 0 Å². The van der Waals surface area contributed by atoms with E-state index in [1.54, 1.807) is 13.8 Å². The summed E-state index contributed by atoms with van der Waals surface area (Å²) in [6.45, 7) is 4.43. The molecule has 2 aromatic carbocycles. The minimum atomic E-state index is -0.459. The second kappa shape index (κ2) is 7.82. The zero-order chi connectivity index (χ0) is 15.9. The summed E-state index contributed by atoms with van der Waals surface area (Å²) < 4.78 is 5.76. The topological polar surface area (TPSA) is 52.9 Å². The summed E-state index contributed by atoms with van der Waals surface area (Å²) in [5.41, 5.74) is 0.946. The zero-order valence-electron chi connectivity index (χ0n) is 13.0. The predicted octanol–water partition coefficient (Wildman–Crippen LogP) is 3.05. The Kier molecular flexibility index (Phi) is 5.81. The molecule has 0 saturated carbocycles. The lowest BCUT2D eigenvalue weighted by atomic mass is 10.2. The van der Waals surface area contributed by atoms with Crippen LogP contribution in [0.25, 0.3) is 0 Å². The molecule has 2 rings (SSSR count). The Balaban J connectivity index is 2.08. The maximum atomic E-state index is 9.60. The highest BCUT2D eigenvalue weighted by Crippen LogP contribution is 2.24. The van der Waals surface area contributed by atoms with Crippen molar-refractivity contribution < 1.29 is 14.9 Å². The molecule has 2 unspecified atom stereocenters. The van der Waals surface area contributed by atoms with Crippen molar-refractivity contribution >= 4 is 5.69 Å². The second-order valence-electron chi connectivity index (χ2n) is 5.51. The molecule has 0 aliphatic heterocycles. The summed E-state index contributed by atoms with van der Waals surface area (Å²) in [6.07, 6.45) is -0.919. The van der Waals surface area contributed by atoms with E-state index in [1.165, 1.54) is 0 Å². The molecule has 4 nitrogen and oxygen atoms in total. The van der Waals surface area contributed by atoms with E-state index in [-0.39, 0.29) is 0 Å². The quantitative estimate of drug-likeness (QED) is 0.825. The normalized spacial score (nSPS) is 13.5. The van der Waals surface area contributed by atoms with Gasteiger partial charge in [0.2, 0.25) is 0 Å². The van der Waals surface area contributed by atoms with Gasteiger partial charge in [-0.1, -0.05) is 18.2 Å². The van der Waals surface area contributed by atoms with Crippen LogP contribution in [0.3, 0.4) is 0 Å².